The average molecular weight is 373 g/mol. The summed E-state index contributed by atoms with van der Waals surface area (Å²) in [5, 5.41) is 12.8. The van der Waals surface area contributed by atoms with Crippen molar-refractivity contribution in [2.24, 2.45) is 4.99 Å². The molecule has 3 rings (SSSR count). The highest BCUT2D eigenvalue weighted by Crippen LogP contribution is 2.26. The van der Waals surface area contributed by atoms with Crippen LogP contribution in [0.1, 0.15) is 25.0 Å². The number of hydrogen-bond acceptors (Lipinski definition) is 4. The minimum Gasteiger partial charge on any atom is -0.391 e. The monoisotopic (exact) mass is 373 g/mol. The maximum Gasteiger partial charge on any atom is 0.328 e. The number of fused-ring (bicyclic) bond motifs is 1. The van der Waals surface area contributed by atoms with E-state index in [1.807, 2.05) is 36.1 Å². The Labute approximate surface area is 159 Å². The molecule has 0 bridgehead atoms. The number of carbonyl (C=O) groups is 2. The summed E-state index contributed by atoms with van der Waals surface area (Å²) in [5.74, 6) is 0.296. The molecule has 3 atom stereocenters. The highest BCUT2D eigenvalue weighted by Gasteiger charge is 2.52. The largest absolute Gasteiger partial charge is 0.391 e. The Morgan fingerprint density at radius 2 is 1.93 bits per heavy atom. The van der Waals surface area contributed by atoms with Crippen molar-refractivity contribution >= 4 is 17.9 Å². The Morgan fingerprint density at radius 3 is 2.52 bits per heavy atom. The molecule has 27 heavy (non-hydrogen) atoms. The summed E-state index contributed by atoms with van der Waals surface area (Å²) in [4.78, 5) is 34.7. The molecule has 1 aromatic carbocycles. The van der Waals surface area contributed by atoms with Crippen LogP contribution in [0.4, 0.5) is 4.79 Å². The lowest BCUT2D eigenvalue weighted by atomic mass is 10.1. The standard InChI is InChI=1S/C19H27N5O3/c1-5-23-17(26)15-16(22(4)19(23)27)21-18(20-10-13(3)25)24(15)11-14-8-6-12(2)7-9-14/h6-9,13,15-16,25H,5,10-11H2,1-4H3,(H,20,21). The molecule has 2 saturated heterocycles. The number of nitrogens with zero attached hydrogens (tertiary/aromatic N) is 4. The lowest BCUT2D eigenvalue weighted by molar-refractivity contribution is -0.137. The van der Waals surface area contributed by atoms with E-state index in [-0.39, 0.29) is 18.5 Å². The van der Waals surface area contributed by atoms with Crippen LogP contribution in [0.2, 0.25) is 0 Å². The summed E-state index contributed by atoms with van der Waals surface area (Å²) in [6.07, 6.45) is -1.07. The van der Waals surface area contributed by atoms with E-state index in [0.29, 0.717) is 19.0 Å². The third-order valence-electron chi connectivity index (χ3n) is 4.95. The van der Waals surface area contributed by atoms with Crippen molar-refractivity contribution in [2.45, 2.75) is 45.6 Å². The molecular weight excluding hydrogens is 346 g/mol. The molecule has 0 spiro atoms. The molecule has 0 aliphatic carbocycles. The second-order valence-electron chi connectivity index (χ2n) is 7.14. The Morgan fingerprint density at radius 1 is 1.26 bits per heavy atom. The van der Waals surface area contributed by atoms with Gasteiger partial charge < -0.3 is 20.2 Å². The van der Waals surface area contributed by atoms with Crippen LogP contribution in [-0.2, 0) is 11.3 Å². The van der Waals surface area contributed by atoms with Gasteiger partial charge in [-0.2, -0.15) is 0 Å². The number of rotatable bonds is 5. The minimum atomic E-state index is -0.592. The molecule has 0 radical (unpaired) electrons. The molecule has 146 valence electrons. The Kier molecular flexibility index (Phi) is 5.36. The first-order chi connectivity index (χ1) is 12.8. The molecule has 2 fully saturated rings. The first-order valence-electron chi connectivity index (χ1n) is 9.23. The summed E-state index contributed by atoms with van der Waals surface area (Å²) in [5.41, 5.74) is 2.21. The van der Waals surface area contributed by atoms with Crippen molar-refractivity contribution in [3.63, 3.8) is 0 Å². The number of guanidine groups is 1. The molecule has 2 N–H and O–H groups in total. The second-order valence-corrected chi connectivity index (χ2v) is 7.14. The van der Waals surface area contributed by atoms with Gasteiger partial charge in [0.15, 0.2) is 12.0 Å². The quantitative estimate of drug-likeness (QED) is 0.795. The maximum atomic E-state index is 13.0. The summed E-state index contributed by atoms with van der Waals surface area (Å²) < 4.78 is 0. The molecule has 8 heteroatoms. The number of aliphatic imine (C=N–C) groups is 1. The van der Waals surface area contributed by atoms with Crippen LogP contribution in [0.15, 0.2) is 29.3 Å². The van der Waals surface area contributed by atoms with Crippen molar-refractivity contribution in [2.75, 3.05) is 20.1 Å². The Hall–Kier alpha value is -2.61. The normalized spacial score (nSPS) is 25.1. The van der Waals surface area contributed by atoms with E-state index in [1.165, 1.54) is 4.90 Å². The molecule has 2 heterocycles. The van der Waals surface area contributed by atoms with E-state index in [9.17, 15) is 14.7 Å². The summed E-state index contributed by atoms with van der Waals surface area (Å²) in [6, 6.07) is 7.23. The number of amides is 3. The van der Waals surface area contributed by atoms with Crippen LogP contribution in [0.25, 0.3) is 0 Å². The lowest BCUT2D eigenvalue weighted by Crippen LogP contribution is -2.65. The zero-order chi connectivity index (χ0) is 19.7. The van der Waals surface area contributed by atoms with Crippen LogP contribution >= 0.6 is 0 Å². The SMILES string of the molecule is CCN1C(=O)C2C(NC(=NCC(C)O)N2Cc2ccc(C)cc2)N(C)C1=O. The van der Waals surface area contributed by atoms with E-state index in [0.717, 1.165) is 11.1 Å². The number of imide groups is 1. The topological polar surface area (TPSA) is 88.5 Å². The van der Waals surface area contributed by atoms with Crippen LogP contribution in [0.5, 0.6) is 0 Å². The number of urea groups is 1. The van der Waals surface area contributed by atoms with Crippen molar-refractivity contribution in [3.05, 3.63) is 35.4 Å². The van der Waals surface area contributed by atoms with Crippen molar-refractivity contribution in [1.29, 1.82) is 0 Å². The molecule has 3 unspecified atom stereocenters. The Bertz CT molecular complexity index is 746. The van der Waals surface area contributed by atoms with Gasteiger partial charge in [0.05, 0.1) is 12.6 Å². The molecule has 3 amide bonds. The number of carbonyl (C=O) groups excluding carboxylic acids is 2. The highest BCUT2D eigenvalue weighted by atomic mass is 16.3. The fourth-order valence-corrected chi connectivity index (χ4v) is 3.45. The number of aryl methyl sites for hydroxylation is 1. The number of likely N-dealkylation sites (N-methyl/N-ethyl adjacent to an activating group) is 2. The van der Waals surface area contributed by atoms with E-state index >= 15 is 0 Å². The fraction of sp³-hybridized carbons (Fsp3) is 0.526. The predicted molar refractivity (Wildman–Crippen MR) is 102 cm³/mol. The van der Waals surface area contributed by atoms with Gasteiger partial charge in [-0.25, -0.2) is 4.79 Å². The van der Waals surface area contributed by atoms with Gasteiger partial charge in [-0.3, -0.25) is 14.7 Å². The van der Waals surface area contributed by atoms with Gasteiger partial charge in [-0.1, -0.05) is 29.8 Å². The first-order valence-corrected chi connectivity index (χ1v) is 9.23. The summed E-state index contributed by atoms with van der Waals surface area (Å²) in [6.45, 7) is 6.50. The van der Waals surface area contributed by atoms with Gasteiger partial charge in [-0.15, -0.1) is 0 Å². The second kappa shape index (κ2) is 7.56. The molecule has 8 nitrogen and oxygen atoms in total. The zero-order valence-corrected chi connectivity index (χ0v) is 16.2. The Balaban J connectivity index is 1.96. The van der Waals surface area contributed by atoms with E-state index in [2.05, 4.69) is 10.3 Å². The van der Waals surface area contributed by atoms with E-state index in [4.69, 9.17) is 0 Å². The zero-order valence-electron chi connectivity index (χ0n) is 16.2. The minimum absolute atomic E-state index is 0.218. The van der Waals surface area contributed by atoms with Crippen molar-refractivity contribution in [3.8, 4) is 0 Å². The average Bonchev–Trinajstić information content (AvgIpc) is 2.99. The third-order valence-corrected chi connectivity index (χ3v) is 4.95. The third kappa shape index (κ3) is 3.62. The molecule has 0 saturated carbocycles. The van der Waals surface area contributed by atoms with Gasteiger partial charge >= 0.3 is 6.03 Å². The van der Waals surface area contributed by atoms with Gasteiger partial charge in [0, 0.05) is 20.1 Å². The van der Waals surface area contributed by atoms with Crippen molar-refractivity contribution < 1.29 is 14.7 Å². The van der Waals surface area contributed by atoms with Gasteiger partial charge in [-0.05, 0) is 26.3 Å². The summed E-state index contributed by atoms with van der Waals surface area (Å²) in [7, 11) is 1.68. The molecule has 1 aromatic rings. The fourth-order valence-electron chi connectivity index (χ4n) is 3.45. The number of aliphatic hydroxyl groups is 1. The van der Waals surface area contributed by atoms with E-state index in [1.54, 1.807) is 25.8 Å². The van der Waals surface area contributed by atoms with Crippen molar-refractivity contribution in [1.82, 2.24) is 20.0 Å². The number of aliphatic hydroxyl groups excluding tert-OH is 1. The lowest BCUT2D eigenvalue weighted by Gasteiger charge is -2.40. The summed E-state index contributed by atoms with van der Waals surface area (Å²) >= 11 is 0. The van der Waals surface area contributed by atoms with Crippen LogP contribution in [0.3, 0.4) is 0 Å². The predicted octanol–water partition coefficient (Wildman–Crippen LogP) is 0.746. The first kappa shape index (κ1) is 19.2. The van der Waals surface area contributed by atoms with Gasteiger partial charge in [0.25, 0.3) is 5.91 Å². The van der Waals surface area contributed by atoms with Crippen LogP contribution in [-0.4, -0.2) is 76.2 Å². The highest BCUT2D eigenvalue weighted by molar-refractivity contribution is 6.04. The van der Waals surface area contributed by atoms with Gasteiger partial charge in [0.2, 0.25) is 0 Å². The smallest absolute Gasteiger partial charge is 0.328 e. The maximum absolute atomic E-state index is 13.0. The molecule has 0 aromatic heterocycles. The molecule has 2 aliphatic rings. The molecular formula is C19H27N5O3. The van der Waals surface area contributed by atoms with E-state index < -0.39 is 18.3 Å². The number of nitrogens with one attached hydrogen (secondary N) is 1. The number of hydrogen-bond donors (Lipinski definition) is 2. The number of benzene rings is 1. The van der Waals surface area contributed by atoms with Crippen LogP contribution in [0, 0.1) is 6.92 Å². The van der Waals surface area contributed by atoms with Gasteiger partial charge in [0.1, 0.15) is 6.17 Å². The molecule has 2 aliphatic heterocycles. The van der Waals surface area contributed by atoms with Crippen LogP contribution < -0.4 is 5.32 Å².